The van der Waals surface area contributed by atoms with Gasteiger partial charge in [-0.25, -0.2) is 4.39 Å². The highest BCUT2D eigenvalue weighted by Crippen LogP contribution is 2.11. The molecule has 0 fully saturated rings. The Bertz CT molecular complexity index is 371. The van der Waals surface area contributed by atoms with Gasteiger partial charge in [0.15, 0.2) is 5.78 Å². The van der Waals surface area contributed by atoms with Crippen molar-refractivity contribution < 1.29 is 9.18 Å². The third kappa shape index (κ3) is 3.39. The van der Waals surface area contributed by atoms with E-state index in [1.54, 1.807) is 19.1 Å². The predicted octanol–water partition coefficient (Wildman–Crippen LogP) is 2.73. The Morgan fingerprint density at radius 1 is 1.43 bits per heavy atom. The number of hydrogen-bond acceptors (Lipinski definition) is 2. The second-order valence-corrected chi connectivity index (χ2v) is 3.07. The van der Waals surface area contributed by atoms with E-state index in [-0.39, 0.29) is 11.6 Å². The molecule has 0 spiro atoms. The standard InChI is InChI=1S/C11H12FNO/c1-8(6-9(2)14)13-11-5-3-4-10(12)7-11/h3-7,13H,1-2H3. The Morgan fingerprint density at radius 3 is 2.71 bits per heavy atom. The molecular formula is C11H12FNO. The monoisotopic (exact) mass is 193 g/mol. The summed E-state index contributed by atoms with van der Waals surface area (Å²) in [5, 5.41) is 2.91. The van der Waals surface area contributed by atoms with E-state index in [9.17, 15) is 9.18 Å². The van der Waals surface area contributed by atoms with Gasteiger partial charge in [0.05, 0.1) is 0 Å². The Balaban J connectivity index is 2.74. The molecule has 1 aromatic rings. The molecule has 0 atom stereocenters. The van der Waals surface area contributed by atoms with Gasteiger partial charge in [-0.05, 0) is 38.1 Å². The van der Waals surface area contributed by atoms with Gasteiger partial charge >= 0.3 is 0 Å². The fraction of sp³-hybridized carbons (Fsp3) is 0.182. The zero-order chi connectivity index (χ0) is 10.6. The van der Waals surface area contributed by atoms with E-state index in [1.807, 2.05) is 0 Å². The number of benzene rings is 1. The molecule has 0 saturated heterocycles. The fourth-order valence-electron chi connectivity index (χ4n) is 1.13. The molecule has 2 nitrogen and oxygen atoms in total. The van der Waals surface area contributed by atoms with Crippen LogP contribution in [0.25, 0.3) is 0 Å². The molecule has 3 heteroatoms. The van der Waals surface area contributed by atoms with Crippen molar-refractivity contribution in [1.82, 2.24) is 0 Å². The van der Waals surface area contributed by atoms with Crippen LogP contribution in [0.5, 0.6) is 0 Å². The highest BCUT2D eigenvalue weighted by atomic mass is 19.1. The lowest BCUT2D eigenvalue weighted by Crippen LogP contribution is -1.98. The summed E-state index contributed by atoms with van der Waals surface area (Å²) in [5.74, 6) is -0.336. The van der Waals surface area contributed by atoms with Gasteiger partial charge in [-0.15, -0.1) is 0 Å². The lowest BCUT2D eigenvalue weighted by molar-refractivity contribution is -0.112. The van der Waals surface area contributed by atoms with Gasteiger partial charge in [0, 0.05) is 11.4 Å². The highest BCUT2D eigenvalue weighted by molar-refractivity contribution is 5.88. The zero-order valence-electron chi connectivity index (χ0n) is 8.17. The first-order chi connectivity index (χ1) is 6.58. The van der Waals surface area contributed by atoms with Crippen molar-refractivity contribution in [2.24, 2.45) is 0 Å². The van der Waals surface area contributed by atoms with Gasteiger partial charge in [0.1, 0.15) is 5.82 Å². The quantitative estimate of drug-likeness (QED) is 0.748. The van der Waals surface area contributed by atoms with Crippen molar-refractivity contribution in [1.29, 1.82) is 0 Å². The van der Waals surface area contributed by atoms with Crippen LogP contribution >= 0.6 is 0 Å². The minimum atomic E-state index is -0.300. The average molecular weight is 193 g/mol. The Kier molecular flexibility index (Phi) is 3.40. The van der Waals surface area contributed by atoms with Gasteiger partial charge in [-0.3, -0.25) is 4.79 Å². The molecular weight excluding hydrogens is 181 g/mol. The van der Waals surface area contributed by atoms with Gasteiger partial charge in [-0.1, -0.05) is 6.07 Å². The maximum Gasteiger partial charge on any atom is 0.154 e. The van der Waals surface area contributed by atoms with Crippen LogP contribution in [0.1, 0.15) is 13.8 Å². The first-order valence-corrected chi connectivity index (χ1v) is 4.29. The molecule has 0 heterocycles. The van der Waals surface area contributed by atoms with E-state index < -0.39 is 0 Å². The summed E-state index contributed by atoms with van der Waals surface area (Å²) in [7, 11) is 0. The molecule has 0 aliphatic carbocycles. The molecule has 1 aromatic carbocycles. The van der Waals surface area contributed by atoms with Crippen molar-refractivity contribution >= 4 is 11.5 Å². The Hall–Kier alpha value is -1.64. The molecule has 0 aliphatic heterocycles. The maximum absolute atomic E-state index is 12.8. The smallest absolute Gasteiger partial charge is 0.154 e. The Labute approximate surface area is 82.4 Å². The highest BCUT2D eigenvalue weighted by Gasteiger charge is 1.95. The molecule has 74 valence electrons. The third-order valence-electron chi connectivity index (χ3n) is 1.59. The molecule has 0 radical (unpaired) electrons. The summed E-state index contributed by atoms with van der Waals surface area (Å²) in [4.78, 5) is 10.7. The van der Waals surface area contributed by atoms with Crippen LogP contribution in [-0.2, 0) is 4.79 Å². The molecule has 0 amide bonds. The summed E-state index contributed by atoms with van der Waals surface area (Å²) < 4.78 is 12.8. The van der Waals surface area contributed by atoms with Gasteiger partial charge < -0.3 is 5.32 Å². The first-order valence-electron chi connectivity index (χ1n) is 4.29. The van der Waals surface area contributed by atoms with Crippen LogP contribution in [0, 0.1) is 5.82 Å². The third-order valence-corrected chi connectivity index (χ3v) is 1.59. The van der Waals surface area contributed by atoms with Crippen molar-refractivity contribution in [2.45, 2.75) is 13.8 Å². The molecule has 1 rings (SSSR count). The van der Waals surface area contributed by atoms with Crippen LogP contribution in [0.4, 0.5) is 10.1 Å². The Morgan fingerprint density at radius 2 is 2.14 bits per heavy atom. The number of ketones is 1. The predicted molar refractivity (Wildman–Crippen MR) is 54.5 cm³/mol. The minimum Gasteiger partial charge on any atom is -0.359 e. The van der Waals surface area contributed by atoms with E-state index in [4.69, 9.17) is 0 Å². The topological polar surface area (TPSA) is 29.1 Å². The largest absolute Gasteiger partial charge is 0.359 e. The van der Waals surface area contributed by atoms with E-state index in [0.29, 0.717) is 11.4 Å². The summed E-state index contributed by atoms with van der Waals surface area (Å²) in [6.07, 6.45) is 1.46. The zero-order valence-corrected chi connectivity index (χ0v) is 8.17. The van der Waals surface area contributed by atoms with Crippen LogP contribution < -0.4 is 5.32 Å². The maximum atomic E-state index is 12.8. The summed E-state index contributed by atoms with van der Waals surface area (Å²) in [6, 6.07) is 6.09. The molecule has 0 saturated carbocycles. The molecule has 0 aliphatic rings. The number of halogens is 1. The lowest BCUT2D eigenvalue weighted by atomic mass is 10.3. The van der Waals surface area contributed by atoms with Crippen molar-refractivity contribution in [3.63, 3.8) is 0 Å². The SMILES string of the molecule is CC(=O)C=C(C)Nc1cccc(F)c1. The average Bonchev–Trinajstić information content (AvgIpc) is 2.01. The number of allylic oxidation sites excluding steroid dienone is 2. The second kappa shape index (κ2) is 4.56. The number of carbonyl (C=O) groups excluding carboxylic acids is 1. The second-order valence-electron chi connectivity index (χ2n) is 3.07. The van der Waals surface area contributed by atoms with Crippen LogP contribution in [-0.4, -0.2) is 5.78 Å². The minimum absolute atomic E-state index is 0.0357. The molecule has 0 aromatic heterocycles. The van der Waals surface area contributed by atoms with Crippen molar-refractivity contribution in [3.05, 3.63) is 41.9 Å². The molecule has 0 bridgehead atoms. The van der Waals surface area contributed by atoms with Gasteiger partial charge in [-0.2, -0.15) is 0 Å². The van der Waals surface area contributed by atoms with E-state index in [1.165, 1.54) is 25.1 Å². The van der Waals surface area contributed by atoms with Crippen molar-refractivity contribution in [3.8, 4) is 0 Å². The summed E-state index contributed by atoms with van der Waals surface area (Å²) in [6.45, 7) is 3.23. The fourth-order valence-corrected chi connectivity index (χ4v) is 1.13. The number of anilines is 1. The normalized spacial score (nSPS) is 11.2. The van der Waals surface area contributed by atoms with Crippen LogP contribution in [0.2, 0.25) is 0 Å². The van der Waals surface area contributed by atoms with E-state index in [2.05, 4.69) is 5.32 Å². The molecule has 0 unspecified atom stereocenters. The van der Waals surface area contributed by atoms with E-state index in [0.717, 1.165) is 0 Å². The number of rotatable bonds is 3. The number of hydrogen-bond donors (Lipinski definition) is 1. The molecule has 1 N–H and O–H groups in total. The van der Waals surface area contributed by atoms with Gasteiger partial charge in [0.25, 0.3) is 0 Å². The number of carbonyl (C=O) groups is 1. The first kappa shape index (κ1) is 10.4. The number of nitrogens with one attached hydrogen (secondary N) is 1. The lowest BCUT2D eigenvalue weighted by Gasteiger charge is -2.05. The van der Waals surface area contributed by atoms with Crippen LogP contribution in [0.15, 0.2) is 36.0 Å². The van der Waals surface area contributed by atoms with Crippen molar-refractivity contribution in [2.75, 3.05) is 5.32 Å². The molecule has 14 heavy (non-hydrogen) atoms. The van der Waals surface area contributed by atoms with Gasteiger partial charge in [0.2, 0.25) is 0 Å². The summed E-state index contributed by atoms with van der Waals surface area (Å²) >= 11 is 0. The van der Waals surface area contributed by atoms with Crippen LogP contribution in [0.3, 0.4) is 0 Å². The summed E-state index contributed by atoms with van der Waals surface area (Å²) in [5.41, 5.74) is 1.34. The van der Waals surface area contributed by atoms with E-state index >= 15 is 0 Å².